The molecule has 0 spiro atoms. The highest BCUT2D eigenvalue weighted by Crippen LogP contribution is 2.13. The number of rotatable bonds is 37. The van der Waals surface area contributed by atoms with E-state index in [-0.39, 0.29) is 25.2 Å². The molecule has 0 saturated carbocycles. The van der Waals surface area contributed by atoms with Gasteiger partial charge in [-0.1, -0.05) is 182 Å². The first kappa shape index (κ1) is 49.1. The largest absolute Gasteiger partial charge is 0.462 e. The van der Waals surface area contributed by atoms with Crippen LogP contribution in [0.2, 0.25) is 0 Å². The van der Waals surface area contributed by atoms with Crippen molar-refractivity contribution in [3.8, 4) is 0 Å². The van der Waals surface area contributed by atoms with Crippen molar-refractivity contribution < 1.29 is 24.2 Å². The Hall–Kier alpha value is -2.92. The molecule has 0 heterocycles. The number of carbonyl (C=O) groups is 2. The van der Waals surface area contributed by atoms with Crippen molar-refractivity contribution in [3.05, 3.63) is 85.1 Å². The average molecular weight is 723 g/mol. The summed E-state index contributed by atoms with van der Waals surface area (Å²) in [4.78, 5) is 24.2. The Bertz CT molecular complexity index is 999. The van der Waals surface area contributed by atoms with Gasteiger partial charge in [-0.3, -0.25) is 9.59 Å². The molecule has 0 aliphatic carbocycles. The second kappa shape index (κ2) is 42.5. The van der Waals surface area contributed by atoms with Gasteiger partial charge in [-0.15, -0.1) is 0 Å². The maximum Gasteiger partial charge on any atom is 0.306 e. The van der Waals surface area contributed by atoms with Gasteiger partial charge in [0.2, 0.25) is 0 Å². The van der Waals surface area contributed by atoms with Crippen LogP contribution in [0.4, 0.5) is 0 Å². The first-order valence-corrected chi connectivity index (χ1v) is 21.1. The summed E-state index contributed by atoms with van der Waals surface area (Å²) in [5, 5.41) is 9.54. The van der Waals surface area contributed by atoms with Gasteiger partial charge in [-0.05, 0) is 70.6 Å². The van der Waals surface area contributed by atoms with Crippen molar-refractivity contribution in [2.45, 2.75) is 187 Å². The van der Waals surface area contributed by atoms with E-state index in [2.05, 4.69) is 98.9 Å². The minimum absolute atomic E-state index is 0.0732. The van der Waals surface area contributed by atoms with Gasteiger partial charge in [0.15, 0.2) is 6.10 Å². The number of aliphatic hydroxyl groups is 1. The molecule has 0 aromatic rings. The van der Waals surface area contributed by atoms with Crippen LogP contribution in [-0.2, 0) is 19.1 Å². The zero-order chi connectivity index (χ0) is 37.8. The van der Waals surface area contributed by atoms with E-state index in [4.69, 9.17) is 9.47 Å². The first-order chi connectivity index (χ1) is 25.6. The van der Waals surface area contributed by atoms with E-state index in [9.17, 15) is 14.7 Å². The van der Waals surface area contributed by atoms with Gasteiger partial charge < -0.3 is 14.6 Å². The zero-order valence-electron chi connectivity index (χ0n) is 33.5. The molecule has 5 nitrogen and oxygen atoms in total. The highest BCUT2D eigenvalue weighted by Gasteiger charge is 2.16. The summed E-state index contributed by atoms with van der Waals surface area (Å²) < 4.78 is 10.6. The predicted molar refractivity (Wildman–Crippen MR) is 223 cm³/mol. The Morgan fingerprint density at radius 1 is 0.462 bits per heavy atom. The maximum absolute atomic E-state index is 12.2. The number of unbranched alkanes of at least 4 members (excludes halogenated alkanes) is 15. The molecule has 0 saturated heterocycles. The van der Waals surface area contributed by atoms with Crippen LogP contribution in [-0.4, -0.2) is 36.4 Å². The minimum atomic E-state index is -0.778. The van der Waals surface area contributed by atoms with Gasteiger partial charge in [0.1, 0.15) is 6.61 Å². The van der Waals surface area contributed by atoms with Gasteiger partial charge in [0.05, 0.1) is 6.61 Å². The molecule has 296 valence electrons. The van der Waals surface area contributed by atoms with Crippen molar-refractivity contribution in [1.82, 2.24) is 0 Å². The normalized spacial score (nSPS) is 13.1. The second-order valence-electron chi connectivity index (χ2n) is 13.7. The van der Waals surface area contributed by atoms with E-state index in [0.717, 1.165) is 89.9 Å². The summed E-state index contributed by atoms with van der Waals surface area (Å²) in [6.07, 6.45) is 58.0. The molecule has 0 fully saturated rings. The maximum atomic E-state index is 12.2. The fourth-order valence-electron chi connectivity index (χ4n) is 5.53. The molecule has 0 aromatic carbocycles. The summed E-state index contributed by atoms with van der Waals surface area (Å²) in [5.74, 6) is -0.612. The molecule has 0 radical (unpaired) electrons. The lowest BCUT2D eigenvalue weighted by Gasteiger charge is -2.15. The number of hydrogen-bond donors (Lipinski definition) is 1. The van der Waals surface area contributed by atoms with E-state index in [1.54, 1.807) is 0 Å². The number of allylic oxidation sites excluding steroid dienone is 14. The Morgan fingerprint density at radius 3 is 1.25 bits per heavy atom. The first-order valence-electron chi connectivity index (χ1n) is 21.1. The zero-order valence-corrected chi connectivity index (χ0v) is 33.5. The van der Waals surface area contributed by atoms with Gasteiger partial charge in [0.25, 0.3) is 0 Å². The number of carbonyl (C=O) groups excluding carboxylic acids is 2. The molecular weight excluding hydrogens is 645 g/mol. The van der Waals surface area contributed by atoms with Crippen LogP contribution in [0.3, 0.4) is 0 Å². The number of esters is 2. The van der Waals surface area contributed by atoms with Gasteiger partial charge in [-0.2, -0.15) is 0 Å². The quantitative estimate of drug-likeness (QED) is 0.0393. The molecule has 1 N–H and O–H groups in total. The van der Waals surface area contributed by atoms with Crippen molar-refractivity contribution in [2.24, 2.45) is 0 Å². The molecular formula is C47H78O5. The smallest absolute Gasteiger partial charge is 0.306 e. The molecule has 0 aromatic heterocycles. The van der Waals surface area contributed by atoms with Crippen molar-refractivity contribution in [1.29, 1.82) is 0 Å². The van der Waals surface area contributed by atoms with E-state index < -0.39 is 6.10 Å². The van der Waals surface area contributed by atoms with Crippen LogP contribution in [0, 0.1) is 0 Å². The van der Waals surface area contributed by atoms with Crippen LogP contribution < -0.4 is 0 Å². The molecule has 0 amide bonds. The molecule has 0 bridgehead atoms. The van der Waals surface area contributed by atoms with Crippen molar-refractivity contribution in [2.75, 3.05) is 13.2 Å². The summed E-state index contributed by atoms with van der Waals surface area (Å²) in [6.45, 7) is 3.98. The molecule has 1 atom stereocenters. The van der Waals surface area contributed by atoms with Crippen LogP contribution in [0.1, 0.15) is 181 Å². The van der Waals surface area contributed by atoms with E-state index in [1.807, 2.05) is 0 Å². The van der Waals surface area contributed by atoms with Gasteiger partial charge >= 0.3 is 11.9 Å². The molecule has 1 unspecified atom stereocenters. The number of aliphatic hydroxyl groups excluding tert-OH is 1. The minimum Gasteiger partial charge on any atom is -0.462 e. The van der Waals surface area contributed by atoms with Crippen LogP contribution in [0.25, 0.3) is 0 Å². The molecule has 0 rings (SSSR count). The second-order valence-corrected chi connectivity index (χ2v) is 13.7. The summed E-state index contributed by atoms with van der Waals surface area (Å²) in [7, 11) is 0. The Morgan fingerprint density at radius 2 is 0.827 bits per heavy atom. The number of hydrogen-bond acceptors (Lipinski definition) is 5. The van der Waals surface area contributed by atoms with Crippen molar-refractivity contribution in [3.63, 3.8) is 0 Å². The average Bonchev–Trinajstić information content (AvgIpc) is 3.15. The molecule has 52 heavy (non-hydrogen) atoms. The van der Waals surface area contributed by atoms with Gasteiger partial charge in [-0.25, -0.2) is 0 Å². The molecule has 0 aliphatic heterocycles. The summed E-state index contributed by atoms with van der Waals surface area (Å²) in [6, 6.07) is 0. The fraction of sp³-hybridized carbons (Fsp3) is 0.660. The van der Waals surface area contributed by atoms with Crippen LogP contribution >= 0.6 is 0 Å². The third-order valence-electron chi connectivity index (χ3n) is 8.70. The molecule has 5 heteroatoms. The highest BCUT2D eigenvalue weighted by atomic mass is 16.6. The fourth-order valence-corrected chi connectivity index (χ4v) is 5.53. The van der Waals surface area contributed by atoms with Crippen molar-refractivity contribution >= 4 is 11.9 Å². The van der Waals surface area contributed by atoms with Crippen LogP contribution in [0.5, 0.6) is 0 Å². The Balaban J connectivity index is 3.61. The number of ether oxygens (including phenoxy) is 2. The van der Waals surface area contributed by atoms with Gasteiger partial charge in [0, 0.05) is 12.8 Å². The lowest BCUT2D eigenvalue weighted by molar-refractivity contribution is -0.161. The lowest BCUT2D eigenvalue weighted by Crippen LogP contribution is -2.28. The third-order valence-corrected chi connectivity index (χ3v) is 8.70. The third kappa shape index (κ3) is 39.9. The summed E-state index contributed by atoms with van der Waals surface area (Å²) >= 11 is 0. The van der Waals surface area contributed by atoms with E-state index in [1.165, 1.54) is 64.2 Å². The SMILES string of the molecule is CC/C=C\C/C=C\C/C=C\C/C=C\C/C=C\C/C=C\C/C=C\CCCCCCCCCC(=O)OC(CO)COC(=O)CCCCCCCCCCC. The standard InChI is InChI=1S/C47H78O5/c1-3-5-7-9-11-13-14-15-16-17-18-19-20-21-22-23-24-25-26-27-28-29-30-31-32-34-36-38-40-42-47(50)52-45(43-48)44-51-46(49)41-39-37-35-33-12-10-8-6-4-2/h5,7,11,13,15-16,18-19,21-22,24-25,27-28,45,48H,3-4,6,8-10,12,14,17,20,23,26,29-44H2,1-2H3/b7-5-,13-11-,16-15-,19-18-,22-21-,25-24-,28-27-. The highest BCUT2D eigenvalue weighted by molar-refractivity contribution is 5.70. The van der Waals surface area contributed by atoms with E-state index >= 15 is 0 Å². The Kier molecular flexibility index (Phi) is 40.1. The Labute approximate surface area is 320 Å². The summed E-state index contributed by atoms with van der Waals surface area (Å²) in [5.41, 5.74) is 0. The van der Waals surface area contributed by atoms with Crippen LogP contribution in [0.15, 0.2) is 85.1 Å². The lowest BCUT2D eigenvalue weighted by atomic mass is 10.1. The van der Waals surface area contributed by atoms with E-state index in [0.29, 0.717) is 12.8 Å². The topological polar surface area (TPSA) is 72.8 Å². The molecule has 0 aliphatic rings. The monoisotopic (exact) mass is 723 g/mol. The predicted octanol–water partition coefficient (Wildman–Crippen LogP) is 13.5.